The van der Waals surface area contributed by atoms with Gasteiger partial charge in [0.05, 0.1) is 12.2 Å². The van der Waals surface area contributed by atoms with Crippen LogP contribution in [0.3, 0.4) is 0 Å². The summed E-state index contributed by atoms with van der Waals surface area (Å²) in [6, 6.07) is 5.38. The summed E-state index contributed by atoms with van der Waals surface area (Å²) in [6.45, 7) is 1.43. The number of hydrogen-bond donors (Lipinski definition) is 2. The standard InChI is InChI=1S/C15H22BrN3O/c1-19(9-11-4-2-3-5-11)10-15(20)18-14-7-6-12(17)8-13(14)16/h6-8,11H,2-5,9-10,17H2,1H3,(H,18,20). The quantitative estimate of drug-likeness (QED) is 0.810. The molecule has 5 heteroatoms. The Morgan fingerprint density at radius 2 is 2.15 bits per heavy atom. The molecule has 1 amide bonds. The summed E-state index contributed by atoms with van der Waals surface area (Å²) in [5, 5.41) is 2.91. The Hall–Kier alpha value is -1.07. The normalized spacial score (nSPS) is 15.8. The Morgan fingerprint density at radius 1 is 1.45 bits per heavy atom. The number of carbonyl (C=O) groups is 1. The maximum atomic E-state index is 12.0. The zero-order valence-electron chi connectivity index (χ0n) is 11.9. The highest BCUT2D eigenvalue weighted by Gasteiger charge is 2.18. The van der Waals surface area contributed by atoms with Crippen LogP contribution >= 0.6 is 15.9 Å². The van der Waals surface area contributed by atoms with Gasteiger partial charge in [-0.2, -0.15) is 0 Å². The van der Waals surface area contributed by atoms with Crippen LogP contribution in [0.4, 0.5) is 11.4 Å². The lowest BCUT2D eigenvalue weighted by molar-refractivity contribution is -0.117. The highest BCUT2D eigenvalue weighted by molar-refractivity contribution is 9.10. The summed E-state index contributed by atoms with van der Waals surface area (Å²) in [5.74, 6) is 0.770. The molecule has 3 N–H and O–H groups in total. The fourth-order valence-corrected chi connectivity index (χ4v) is 3.26. The lowest BCUT2D eigenvalue weighted by Crippen LogP contribution is -2.33. The van der Waals surface area contributed by atoms with Crippen molar-refractivity contribution in [3.63, 3.8) is 0 Å². The molecule has 0 saturated heterocycles. The number of nitrogens with two attached hydrogens (primary N) is 1. The van der Waals surface area contributed by atoms with E-state index in [0.29, 0.717) is 12.2 Å². The fourth-order valence-electron chi connectivity index (χ4n) is 2.77. The summed E-state index contributed by atoms with van der Waals surface area (Å²) >= 11 is 3.40. The van der Waals surface area contributed by atoms with Gasteiger partial charge in [-0.1, -0.05) is 12.8 Å². The summed E-state index contributed by atoms with van der Waals surface area (Å²) in [4.78, 5) is 14.1. The molecule has 20 heavy (non-hydrogen) atoms. The van der Waals surface area contributed by atoms with Gasteiger partial charge in [-0.25, -0.2) is 0 Å². The molecule has 1 fully saturated rings. The van der Waals surface area contributed by atoms with E-state index in [4.69, 9.17) is 5.73 Å². The van der Waals surface area contributed by atoms with E-state index in [1.165, 1.54) is 25.7 Å². The number of benzene rings is 1. The molecular formula is C15H22BrN3O. The second-order valence-corrected chi connectivity index (χ2v) is 6.49. The molecular weight excluding hydrogens is 318 g/mol. The van der Waals surface area contributed by atoms with Crippen LogP contribution in [0.1, 0.15) is 25.7 Å². The van der Waals surface area contributed by atoms with E-state index in [9.17, 15) is 4.79 Å². The molecule has 0 radical (unpaired) electrons. The highest BCUT2D eigenvalue weighted by Crippen LogP contribution is 2.26. The third kappa shape index (κ3) is 4.49. The van der Waals surface area contributed by atoms with Gasteiger partial charge in [0, 0.05) is 16.7 Å². The van der Waals surface area contributed by atoms with Crippen molar-refractivity contribution < 1.29 is 4.79 Å². The molecule has 0 unspecified atom stereocenters. The van der Waals surface area contributed by atoms with Crippen molar-refractivity contribution in [3.8, 4) is 0 Å². The van der Waals surface area contributed by atoms with Gasteiger partial charge >= 0.3 is 0 Å². The number of carbonyl (C=O) groups excluding carboxylic acids is 1. The van der Waals surface area contributed by atoms with Crippen molar-refractivity contribution >= 4 is 33.2 Å². The number of nitrogen functional groups attached to an aromatic ring is 1. The van der Waals surface area contributed by atoms with Gasteiger partial charge < -0.3 is 11.1 Å². The van der Waals surface area contributed by atoms with Gasteiger partial charge in [0.1, 0.15) is 0 Å². The predicted molar refractivity (Wildman–Crippen MR) is 86.6 cm³/mol. The summed E-state index contributed by atoms with van der Waals surface area (Å²) in [6.07, 6.45) is 5.27. The van der Waals surface area contributed by atoms with Crippen molar-refractivity contribution in [2.24, 2.45) is 5.92 Å². The van der Waals surface area contributed by atoms with Crippen LogP contribution in [0.5, 0.6) is 0 Å². The van der Waals surface area contributed by atoms with Crippen molar-refractivity contribution in [2.45, 2.75) is 25.7 Å². The minimum Gasteiger partial charge on any atom is -0.399 e. The number of nitrogens with zero attached hydrogens (tertiary/aromatic N) is 1. The van der Waals surface area contributed by atoms with E-state index in [1.54, 1.807) is 12.1 Å². The average Bonchev–Trinajstić information content (AvgIpc) is 2.85. The first-order valence-corrected chi connectivity index (χ1v) is 7.87. The number of anilines is 2. The number of nitrogens with one attached hydrogen (secondary N) is 1. The molecule has 0 bridgehead atoms. The van der Waals surface area contributed by atoms with Crippen LogP contribution in [-0.2, 0) is 4.79 Å². The van der Waals surface area contributed by atoms with Gasteiger partial charge in [0.25, 0.3) is 0 Å². The van der Waals surface area contributed by atoms with E-state index in [1.807, 2.05) is 13.1 Å². The Balaban J connectivity index is 1.82. The van der Waals surface area contributed by atoms with Crippen LogP contribution in [0.25, 0.3) is 0 Å². The zero-order valence-corrected chi connectivity index (χ0v) is 13.4. The minimum atomic E-state index is 0.0102. The van der Waals surface area contributed by atoms with Crippen molar-refractivity contribution in [3.05, 3.63) is 22.7 Å². The first kappa shape index (κ1) is 15.3. The molecule has 1 aromatic carbocycles. The molecule has 0 aliphatic heterocycles. The summed E-state index contributed by atoms with van der Waals surface area (Å²) in [5.41, 5.74) is 7.12. The summed E-state index contributed by atoms with van der Waals surface area (Å²) < 4.78 is 0.810. The largest absolute Gasteiger partial charge is 0.399 e. The Kier molecular flexibility index (Phi) is 5.43. The van der Waals surface area contributed by atoms with Crippen molar-refractivity contribution in [1.82, 2.24) is 4.90 Å². The fraction of sp³-hybridized carbons (Fsp3) is 0.533. The maximum Gasteiger partial charge on any atom is 0.238 e. The van der Waals surface area contributed by atoms with Crippen LogP contribution in [0, 0.1) is 5.92 Å². The van der Waals surface area contributed by atoms with Crippen LogP contribution < -0.4 is 11.1 Å². The van der Waals surface area contributed by atoms with Gasteiger partial charge in [-0.05, 0) is 59.9 Å². The molecule has 1 saturated carbocycles. The number of halogens is 1. The first-order chi connectivity index (χ1) is 9.54. The Morgan fingerprint density at radius 3 is 2.80 bits per heavy atom. The number of likely N-dealkylation sites (N-methyl/N-ethyl adjacent to an activating group) is 1. The van der Waals surface area contributed by atoms with Crippen LogP contribution in [0.2, 0.25) is 0 Å². The third-order valence-electron chi connectivity index (χ3n) is 3.73. The highest BCUT2D eigenvalue weighted by atomic mass is 79.9. The molecule has 1 aromatic rings. The predicted octanol–water partition coefficient (Wildman–Crippen LogP) is 3.09. The van der Waals surface area contributed by atoms with Crippen molar-refractivity contribution in [2.75, 3.05) is 31.2 Å². The monoisotopic (exact) mass is 339 g/mol. The van der Waals surface area contributed by atoms with E-state index < -0.39 is 0 Å². The van der Waals surface area contributed by atoms with E-state index in [-0.39, 0.29) is 5.91 Å². The molecule has 0 atom stereocenters. The van der Waals surface area contributed by atoms with Gasteiger partial charge in [0.2, 0.25) is 5.91 Å². The zero-order chi connectivity index (χ0) is 14.5. The smallest absolute Gasteiger partial charge is 0.238 e. The Bertz CT molecular complexity index is 472. The molecule has 0 spiro atoms. The van der Waals surface area contributed by atoms with Crippen LogP contribution in [-0.4, -0.2) is 30.9 Å². The number of amides is 1. The Labute approximate surface area is 128 Å². The molecule has 1 aliphatic carbocycles. The van der Waals surface area contributed by atoms with Crippen molar-refractivity contribution in [1.29, 1.82) is 0 Å². The molecule has 4 nitrogen and oxygen atoms in total. The molecule has 110 valence electrons. The van der Waals surface area contributed by atoms with Gasteiger partial charge in [-0.15, -0.1) is 0 Å². The minimum absolute atomic E-state index is 0.0102. The topological polar surface area (TPSA) is 58.4 Å². The van der Waals surface area contributed by atoms with Crippen LogP contribution in [0.15, 0.2) is 22.7 Å². The third-order valence-corrected chi connectivity index (χ3v) is 4.38. The molecule has 1 aliphatic rings. The first-order valence-electron chi connectivity index (χ1n) is 7.08. The SMILES string of the molecule is CN(CC(=O)Nc1ccc(N)cc1Br)CC1CCCC1. The molecule has 0 aromatic heterocycles. The van der Waals surface area contributed by atoms with Gasteiger partial charge in [0.15, 0.2) is 0 Å². The average molecular weight is 340 g/mol. The number of rotatable bonds is 5. The second-order valence-electron chi connectivity index (χ2n) is 5.63. The van der Waals surface area contributed by atoms with Gasteiger partial charge in [-0.3, -0.25) is 9.69 Å². The molecule has 0 heterocycles. The van der Waals surface area contributed by atoms with E-state index in [0.717, 1.165) is 22.6 Å². The maximum absolute atomic E-state index is 12.0. The van der Waals surface area contributed by atoms with E-state index in [2.05, 4.69) is 26.1 Å². The second kappa shape index (κ2) is 7.09. The molecule has 2 rings (SSSR count). The lowest BCUT2D eigenvalue weighted by Gasteiger charge is -2.20. The van der Waals surface area contributed by atoms with E-state index >= 15 is 0 Å². The summed E-state index contributed by atoms with van der Waals surface area (Å²) in [7, 11) is 2.01. The number of hydrogen-bond acceptors (Lipinski definition) is 3. The lowest BCUT2D eigenvalue weighted by atomic mass is 10.1.